The van der Waals surface area contributed by atoms with Crippen LogP contribution in [0.4, 0.5) is 0 Å². The first-order valence-electron chi connectivity index (χ1n) is 6.02. The van der Waals surface area contributed by atoms with E-state index in [0.29, 0.717) is 17.0 Å². The van der Waals surface area contributed by atoms with E-state index in [2.05, 4.69) is 21.0 Å². The highest BCUT2D eigenvalue weighted by molar-refractivity contribution is 9.10. The zero-order chi connectivity index (χ0) is 14.0. The van der Waals surface area contributed by atoms with E-state index in [9.17, 15) is 4.79 Å². The first-order valence-corrected chi connectivity index (χ1v) is 7.19. The molecule has 2 rings (SSSR count). The number of carbonyl (C=O) groups excluding carboxylic acids is 1. The maximum atomic E-state index is 12.3. The second-order valence-electron chi connectivity index (χ2n) is 4.35. The van der Waals surface area contributed by atoms with E-state index in [0.717, 1.165) is 22.4 Å². The Kier molecular flexibility index (Phi) is 4.42. The molecule has 0 atom stereocenters. The molecule has 3 nitrogen and oxygen atoms in total. The van der Waals surface area contributed by atoms with Crippen molar-refractivity contribution in [3.63, 3.8) is 0 Å². The Hall–Kier alpha value is -1.13. The normalized spacial score (nSPS) is 10.7. The standard InChI is InChI=1S/C14H14BrClN2O/c1-3-18-13(4-9(2)17-18)8-14(19)10-5-11(15)7-12(16)6-10/h4-7H,3,8H2,1-2H3. The van der Waals surface area contributed by atoms with Gasteiger partial charge in [0.1, 0.15) is 0 Å². The fraction of sp³-hybridized carbons (Fsp3) is 0.286. The summed E-state index contributed by atoms with van der Waals surface area (Å²) in [4.78, 5) is 12.3. The highest BCUT2D eigenvalue weighted by Gasteiger charge is 2.12. The number of aryl methyl sites for hydroxylation is 2. The van der Waals surface area contributed by atoms with Crippen LogP contribution in [0.3, 0.4) is 0 Å². The van der Waals surface area contributed by atoms with Crippen molar-refractivity contribution in [1.29, 1.82) is 0 Å². The monoisotopic (exact) mass is 340 g/mol. The number of hydrogen-bond donors (Lipinski definition) is 0. The Morgan fingerprint density at radius 3 is 2.74 bits per heavy atom. The minimum atomic E-state index is 0.0396. The van der Waals surface area contributed by atoms with Gasteiger partial charge >= 0.3 is 0 Å². The number of carbonyl (C=O) groups is 1. The minimum absolute atomic E-state index is 0.0396. The van der Waals surface area contributed by atoms with Crippen LogP contribution in [0.5, 0.6) is 0 Å². The molecule has 1 aromatic carbocycles. The lowest BCUT2D eigenvalue weighted by atomic mass is 10.1. The number of hydrogen-bond acceptors (Lipinski definition) is 2. The summed E-state index contributed by atoms with van der Waals surface area (Å²) in [7, 11) is 0. The fourth-order valence-electron chi connectivity index (χ4n) is 2.00. The molecule has 0 saturated carbocycles. The van der Waals surface area contributed by atoms with Gasteiger partial charge in [-0.25, -0.2) is 0 Å². The van der Waals surface area contributed by atoms with E-state index in [1.54, 1.807) is 18.2 Å². The van der Waals surface area contributed by atoms with Crippen LogP contribution in [-0.4, -0.2) is 15.6 Å². The number of Topliss-reactive ketones (excluding diaryl/α,β-unsaturated/α-hetero) is 1. The van der Waals surface area contributed by atoms with Crippen LogP contribution < -0.4 is 0 Å². The topological polar surface area (TPSA) is 34.9 Å². The minimum Gasteiger partial charge on any atom is -0.294 e. The van der Waals surface area contributed by atoms with Gasteiger partial charge in [-0.3, -0.25) is 9.48 Å². The highest BCUT2D eigenvalue weighted by atomic mass is 79.9. The van der Waals surface area contributed by atoms with Crippen molar-refractivity contribution >= 4 is 33.3 Å². The maximum absolute atomic E-state index is 12.3. The van der Waals surface area contributed by atoms with E-state index < -0.39 is 0 Å². The molecule has 100 valence electrons. The molecule has 5 heteroatoms. The van der Waals surface area contributed by atoms with Crippen molar-refractivity contribution in [2.75, 3.05) is 0 Å². The summed E-state index contributed by atoms with van der Waals surface area (Å²) >= 11 is 9.30. The summed E-state index contributed by atoms with van der Waals surface area (Å²) in [5.41, 5.74) is 2.47. The summed E-state index contributed by atoms with van der Waals surface area (Å²) in [5, 5.41) is 4.89. The average Bonchev–Trinajstić information content (AvgIpc) is 2.68. The van der Waals surface area contributed by atoms with Crippen molar-refractivity contribution in [2.45, 2.75) is 26.8 Å². The van der Waals surface area contributed by atoms with Crippen LogP contribution in [0.2, 0.25) is 5.02 Å². The zero-order valence-electron chi connectivity index (χ0n) is 10.8. The molecule has 2 aromatic rings. The van der Waals surface area contributed by atoms with Crippen molar-refractivity contribution in [3.8, 4) is 0 Å². The summed E-state index contributed by atoms with van der Waals surface area (Å²) < 4.78 is 2.66. The van der Waals surface area contributed by atoms with Crippen molar-refractivity contribution in [2.24, 2.45) is 0 Å². The smallest absolute Gasteiger partial charge is 0.168 e. The quantitative estimate of drug-likeness (QED) is 0.786. The van der Waals surface area contributed by atoms with E-state index in [1.165, 1.54) is 0 Å². The molecule has 0 aliphatic rings. The van der Waals surface area contributed by atoms with Gasteiger partial charge in [-0.15, -0.1) is 0 Å². The van der Waals surface area contributed by atoms with Gasteiger partial charge in [-0.2, -0.15) is 5.10 Å². The molecule has 0 fully saturated rings. The molecular formula is C14H14BrClN2O. The Labute approximate surface area is 125 Å². The molecular weight excluding hydrogens is 328 g/mol. The lowest BCUT2D eigenvalue weighted by Gasteiger charge is -2.05. The number of halogens is 2. The number of benzene rings is 1. The van der Waals surface area contributed by atoms with Gasteiger partial charge < -0.3 is 0 Å². The Bertz CT molecular complexity index is 602. The van der Waals surface area contributed by atoms with Gasteiger partial charge in [0.25, 0.3) is 0 Å². The summed E-state index contributed by atoms with van der Waals surface area (Å²) in [6.07, 6.45) is 0.335. The molecule has 0 spiro atoms. The molecule has 1 heterocycles. The van der Waals surface area contributed by atoms with Crippen LogP contribution in [0.15, 0.2) is 28.7 Å². The molecule has 0 radical (unpaired) electrons. The summed E-state index contributed by atoms with van der Waals surface area (Å²) in [5.74, 6) is 0.0396. The van der Waals surface area contributed by atoms with Gasteiger partial charge in [0.2, 0.25) is 0 Å². The molecule has 0 N–H and O–H groups in total. The number of rotatable bonds is 4. The van der Waals surface area contributed by atoms with E-state index in [1.807, 2.05) is 24.6 Å². The number of nitrogens with zero attached hydrogens (tertiary/aromatic N) is 2. The average molecular weight is 342 g/mol. The lowest BCUT2D eigenvalue weighted by molar-refractivity contribution is 0.0990. The van der Waals surface area contributed by atoms with E-state index in [4.69, 9.17) is 11.6 Å². The fourth-order valence-corrected chi connectivity index (χ4v) is 2.86. The van der Waals surface area contributed by atoms with Gasteiger partial charge in [0.15, 0.2) is 5.78 Å². The second kappa shape index (κ2) is 5.88. The molecule has 0 amide bonds. The lowest BCUT2D eigenvalue weighted by Crippen LogP contribution is -2.09. The molecule has 19 heavy (non-hydrogen) atoms. The molecule has 1 aromatic heterocycles. The van der Waals surface area contributed by atoms with Gasteiger partial charge in [0.05, 0.1) is 12.1 Å². The first-order chi connectivity index (χ1) is 8.99. The van der Waals surface area contributed by atoms with Crippen LogP contribution in [-0.2, 0) is 13.0 Å². The second-order valence-corrected chi connectivity index (χ2v) is 5.70. The predicted molar refractivity (Wildman–Crippen MR) is 79.8 cm³/mol. The van der Waals surface area contributed by atoms with E-state index in [-0.39, 0.29) is 5.78 Å². The Morgan fingerprint density at radius 1 is 1.37 bits per heavy atom. The molecule has 0 saturated heterocycles. The van der Waals surface area contributed by atoms with Crippen LogP contribution in [0, 0.1) is 6.92 Å². The largest absolute Gasteiger partial charge is 0.294 e. The zero-order valence-corrected chi connectivity index (χ0v) is 13.1. The third-order valence-corrected chi connectivity index (χ3v) is 3.49. The third kappa shape index (κ3) is 3.45. The molecule has 0 aliphatic heterocycles. The molecule has 0 aliphatic carbocycles. The van der Waals surface area contributed by atoms with E-state index >= 15 is 0 Å². The van der Waals surface area contributed by atoms with Gasteiger partial charge in [0, 0.05) is 27.3 Å². The molecule has 0 unspecified atom stereocenters. The maximum Gasteiger partial charge on any atom is 0.168 e. The van der Waals surface area contributed by atoms with Gasteiger partial charge in [-0.05, 0) is 38.1 Å². The van der Waals surface area contributed by atoms with Crippen LogP contribution in [0.1, 0.15) is 28.7 Å². The summed E-state index contributed by atoms with van der Waals surface area (Å²) in [6, 6.07) is 7.18. The van der Waals surface area contributed by atoms with Crippen molar-refractivity contribution in [1.82, 2.24) is 9.78 Å². The SMILES string of the molecule is CCn1nc(C)cc1CC(=O)c1cc(Cl)cc(Br)c1. The highest BCUT2D eigenvalue weighted by Crippen LogP contribution is 2.21. The molecule has 0 bridgehead atoms. The Morgan fingerprint density at radius 2 is 2.11 bits per heavy atom. The van der Waals surface area contributed by atoms with Crippen molar-refractivity contribution in [3.05, 3.63) is 50.7 Å². The first kappa shape index (κ1) is 14.3. The number of aromatic nitrogens is 2. The Balaban J connectivity index is 2.25. The van der Waals surface area contributed by atoms with Crippen LogP contribution in [0.25, 0.3) is 0 Å². The summed E-state index contributed by atoms with van der Waals surface area (Å²) in [6.45, 7) is 4.70. The third-order valence-electron chi connectivity index (χ3n) is 2.81. The van der Waals surface area contributed by atoms with Gasteiger partial charge in [-0.1, -0.05) is 27.5 Å². The van der Waals surface area contributed by atoms with Crippen LogP contribution >= 0.6 is 27.5 Å². The predicted octanol–water partition coefficient (Wildman–Crippen LogP) is 4.05. The number of ketones is 1. The van der Waals surface area contributed by atoms with Crippen molar-refractivity contribution < 1.29 is 4.79 Å².